The van der Waals surface area contributed by atoms with Gasteiger partial charge in [0, 0.05) is 55.0 Å². The first-order chi connectivity index (χ1) is 6.89. The van der Waals surface area contributed by atoms with E-state index in [1.54, 1.807) is 6.26 Å². The summed E-state index contributed by atoms with van der Waals surface area (Å²) in [6.45, 7) is 11.0. The second-order valence-electron chi connectivity index (χ2n) is 5.45. The Morgan fingerprint density at radius 1 is 1.47 bits per heavy atom. The van der Waals surface area contributed by atoms with Gasteiger partial charge < -0.3 is 5.32 Å². The van der Waals surface area contributed by atoms with Crippen LogP contribution in [0.2, 0.25) is 0 Å². The summed E-state index contributed by atoms with van der Waals surface area (Å²) in [6, 6.07) is 0.552. The fraction of sp³-hybridized carbons (Fsp3) is 1.00. The minimum absolute atomic E-state index is 0.310. The molecule has 1 aliphatic heterocycles. The second-order valence-corrected chi connectivity index (χ2v) is 7.01. The van der Waals surface area contributed by atoms with Crippen LogP contribution in [-0.2, 0) is 10.8 Å². The number of piperazine rings is 1. The molecule has 1 rings (SSSR count). The fourth-order valence-corrected chi connectivity index (χ4v) is 2.37. The second kappa shape index (κ2) is 5.41. The Hall–Kier alpha value is 0.0700. The summed E-state index contributed by atoms with van der Waals surface area (Å²) >= 11 is 0. The smallest absolute Gasteiger partial charge is 0.0359 e. The van der Waals surface area contributed by atoms with Crippen LogP contribution in [0.15, 0.2) is 0 Å². The van der Waals surface area contributed by atoms with Gasteiger partial charge in [0.15, 0.2) is 0 Å². The Balaban J connectivity index is 2.39. The summed E-state index contributed by atoms with van der Waals surface area (Å²) in [5.74, 6) is 0.802. The highest BCUT2D eigenvalue weighted by atomic mass is 32.2. The van der Waals surface area contributed by atoms with Crippen LogP contribution in [0.3, 0.4) is 0 Å². The third-order valence-electron chi connectivity index (χ3n) is 3.00. The molecule has 1 saturated heterocycles. The quantitative estimate of drug-likeness (QED) is 0.777. The van der Waals surface area contributed by atoms with Crippen LogP contribution in [0, 0.1) is 5.41 Å². The van der Waals surface area contributed by atoms with E-state index < -0.39 is 10.8 Å². The Morgan fingerprint density at radius 2 is 2.13 bits per heavy atom. The van der Waals surface area contributed by atoms with E-state index in [1.807, 2.05) is 0 Å². The van der Waals surface area contributed by atoms with Crippen molar-refractivity contribution in [2.45, 2.75) is 26.8 Å². The van der Waals surface area contributed by atoms with E-state index in [0.717, 1.165) is 31.9 Å². The van der Waals surface area contributed by atoms with Crippen LogP contribution in [-0.4, -0.2) is 53.3 Å². The van der Waals surface area contributed by atoms with E-state index in [2.05, 4.69) is 31.0 Å². The van der Waals surface area contributed by atoms with Crippen LogP contribution in [0.4, 0.5) is 0 Å². The minimum atomic E-state index is -0.662. The molecule has 1 aliphatic rings. The number of nitrogens with one attached hydrogen (secondary N) is 1. The van der Waals surface area contributed by atoms with Gasteiger partial charge in [-0.3, -0.25) is 9.11 Å². The normalized spacial score (nSPS) is 26.5. The monoisotopic (exact) mass is 232 g/mol. The Labute approximate surface area is 96.1 Å². The SMILES string of the molecule is CS(=O)CCN1CCNC(C(C)(C)C)C1. The standard InChI is InChI=1S/C11H24N2OS/c1-11(2,3)10-9-13(6-5-12-10)7-8-15(4)14/h10,12H,5-9H2,1-4H3. The predicted molar refractivity (Wildman–Crippen MR) is 66.6 cm³/mol. The van der Waals surface area contributed by atoms with Crippen molar-refractivity contribution in [2.75, 3.05) is 38.2 Å². The first kappa shape index (κ1) is 13.1. The molecule has 0 bridgehead atoms. The predicted octanol–water partition coefficient (Wildman–Crippen LogP) is 0.685. The van der Waals surface area contributed by atoms with Gasteiger partial charge in [0.1, 0.15) is 0 Å². The maximum atomic E-state index is 11.0. The molecule has 1 N–H and O–H groups in total. The Kier molecular flexibility index (Phi) is 4.74. The van der Waals surface area contributed by atoms with Gasteiger partial charge in [0.05, 0.1) is 0 Å². The number of rotatable bonds is 3. The van der Waals surface area contributed by atoms with Gasteiger partial charge in [0.2, 0.25) is 0 Å². The van der Waals surface area contributed by atoms with E-state index in [9.17, 15) is 4.21 Å². The summed E-state index contributed by atoms with van der Waals surface area (Å²) in [4.78, 5) is 2.42. The molecule has 0 saturated carbocycles. The molecule has 0 radical (unpaired) electrons. The molecule has 2 atom stereocenters. The zero-order chi connectivity index (χ0) is 11.5. The van der Waals surface area contributed by atoms with Gasteiger partial charge in [-0.1, -0.05) is 20.8 Å². The molecule has 1 fully saturated rings. The van der Waals surface area contributed by atoms with E-state index in [1.165, 1.54) is 0 Å². The van der Waals surface area contributed by atoms with E-state index in [4.69, 9.17) is 0 Å². The van der Waals surface area contributed by atoms with Crippen LogP contribution in [0.1, 0.15) is 20.8 Å². The highest BCUT2D eigenvalue weighted by molar-refractivity contribution is 7.84. The average Bonchev–Trinajstić information content (AvgIpc) is 2.14. The topological polar surface area (TPSA) is 32.3 Å². The lowest BCUT2D eigenvalue weighted by molar-refractivity contribution is 0.140. The molecular formula is C11H24N2OS. The lowest BCUT2D eigenvalue weighted by Gasteiger charge is -2.40. The molecule has 2 unspecified atom stereocenters. The molecular weight excluding hydrogens is 208 g/mol. The molecule has 0 aromatic heterocycles. The van der Waals surface area contributed by atoms with E-state index in [-0.39, 0.29) is 0 Å². The van der Waals surface area contributed by atoms with Crippen molar-refractivity contribution in [3.05, 3.63) is 0 Å². The van der Waals surface area contributed by atoms with Crippen LogP contribution < -0.4 is 5.32 Å². The minimum Gasteiger partial charge on any atom is -0.311 e. The third kappa shape index (κ3) is 4.62. The number of hydrogen-bond acceptors (Lipinski definition) is 3. The fourth-order valence-electron chi connectivity index (χ4n) is 1.85. The highest BCUT2D eigenvalue weighted by Gasteiger charge is 2.28. The first-order valence-electron chi connectivity index (χ1n) is 5.65. The number of hydrogen-bond donors (Lipinski definition) is 1. The molecule has 90 valence electrons. The summed E-state index contributed by atoms with van der Waals surface area (Å²) in [6.07, 6.45) is 1.78. The third-order valence-corrected chi connectivity index (χ3v) is 3.76. The average molecular weight is 232 g/mol. The summed E-state index contributed by atoms with van der Waals surface area (Å²) in [5, 5.41) is 3.56. The van der Waals surface area contributed by atoms with Crippen molar-refractivity contribution < 1.29 is 4.21 Å². The lowest BCUT2D eigenvalue weighted by Crippen LogP contribution is -2.56. The Morgan fingerprint density at radius 3 is 2.67 bits per heavy atom. The van der Waals surface area contributed by atoms with Gasteiger partial charge in [-0.2, -0.15) is 0 Å². The maximum Gasteiger partial charge on any atom is 0.0359 e. The molecule has 0 spiro atoms. The lowest BCUT2D eigenvalue weighted by atomic mass is 9.85. The van der Waals surface area contributed by atoms with Gasteiger partial charge in [0.25, 0.3) is 0 Å². The van der Waals surface area contributed by atoms with Crippen molar-refractivity contribution >= 4 is 10.8 Å². The molecule has 0 aliphatic carbocycles. The molecule has 4 heteroatoms. The van der Waals surface area contributed by atoms with Crippen molar-refractivity contribution in [1.29, 1.82) is 0 Å². The van der Waals surface area contributed by atoms with Gasteiger partial charge in [-0.15, -0.1) is 0 Å². The molecule has 0 aromatic rings. The van der Waals surface area contributed by atoms with E-state index >= 15 is 0 Å². The van der Waals surface area contributed by atoms with Crippen molar-refractivity contribution in [3.8, 4) is 0 Å². The van der Waals surface area contributed by atoms with Gasteiger partial charge in [-0.25, -0.2) is 0 Å². The van der Waals surface area contributed by atoms with Crippen LogP contribution in [0.25, 0.3) is 0 Å². The summed E-state index contributed by atoms with van der Waals surface area (Å²) < 4.78 is 11.0. The van der Waals surface area contributed by atoms with Crippen LogP contribution in [0.5, 0.6) is 0 Å². The molecule has 15 heavy (non-hydrogen) atoms. The van der Waals surface area contributed by atoms with Crippen LogP contribution >= 0.6 is 0 Å². The van der Waals surface area contributed by atoms with Crippen molar-refractivity contribution in [1.82, 2.24) is 10.2 Å². The summed E-state index contributed by atoms with van der Waals surface area (Å²) in [5.41, 5.74) is 0.310. The van der Waals surface area contributed by atoms with Crippen molar-refractivity contribution in [2.24, 2.45) is 5.41 Å². The largest absolute Gasteiger partial charge is 0.311 e. The summed E-state index contributed by atoms with van der Waals surface area (Å²) in [7, 11) is -0.662. The van der Waals surface area contributed by atoms with E-state index in [0.29, 0.717) is 11.5 Å². The molecule has 3 nitrogen and oxygen atoms in total. The Bertz CT molecular complexity index is 225. The maximum absolute atomic E-state index is 11.0. The first-order valence-corrected chi connectivity index (χ1v) is 7.38. The number of nitrogens with zero attached hydrogens (tertiary/aromatic N) is 1. The molecule has 1 heterocycles. The zero-order valence-corrected chi connectivity index (χ0v) is 11.2. The van der Waals surface area contributed by atoms with Crippen molar-refractivity contribution in [3.63, 3.8) is 0 Å². The van der Waals surface area contributed by atoms with Gasteiger partial charge >= 0.3 is 0 Å². The van der Waals surface area contributed by atoms with Gasteiger partial charge in [-0.05, 0) is 5.41 Å². The molecule has 0 amide bonds. The highest BCUT2D eigenvalue weighted by Crippen LogP contribution is 2.21. The molecule has 0 aromatic carbocycles. The zero-order valence-electron chi connectivity index (χ0n) is 10.4.